The molecule has 0 aliphatic rings. The summed E-state index contributed by atoms with van der Waals surface area (Å²) in [6.45, 7) is 4.79. The molecule has 0 saturated heterocycles. The van der Waals surface area contributed by atoms with Crippen LogP contribution in [-0.4, -0.2) is 21.6 Å². The van der Waals surface area contributed by atoms with Crippen LogP contribution in [0.25, 0.3) is 11.0 Å². The highest BCUT2D eigenvalue weighted by Gasteiger charge is 2.08. The lowest BCUT2D eigenvalue weighted by molar-refractivity contribution is 0.265. The zero-order valence-corrected chi connectivity index (χ0v) is 8.82. The molecule has 0 amide bonds. The average Bonchev–Trinajstić information content (AvgIpc) is 2.61. The molecule has 3 N–H and O–H groups in total. The smallest absolute Gasteiger partial charge is 0.227 e. The van der Waals surface area contributed by atoms with Crippen LogP contribution in [0, 0.1) is 5.92 Å². The van der Waals surface area contributed by atoms with Crippen LogP contribution in [0.4, 0.5) is 5.95 Å². The summed E-state index contributed by atoms with van der Waals surface area (Å²) in [5.41, 5.74) is 6.28. The van der Waals surface area contributed by atoms with Crippen LogP contribution in [0.3, 0.4) is 0 Å². The standard InChI is InChI=1S/C10H14N4O/c1-6(2)5-15-9-7-3-4-12-8(7)13-10(11)14-9/h3-4,6H,5H2,1-2H3,(H3,11,12,13,14). The van der Waals surface area contributed by atoms with Crippen LogP contribution in [0.2, 0.25) is 0 Å². The second kappa shape index (κ2) is 3.76. The number of H-pyrrole nitrogens is 1. The maximum atomic E-state index is 5.57. The van der Waals surface area contributed by atoms with Gasteiger partial charge in [-0.05, 0) is 12.0 Å². The minimum absolute atomic E-state index is 0.226. The van der Waals surface area contributed by atoms with E-state index in [9.17, 15) is 0 Å². The molecule has 15 heavy (non-hydrogen) atoms. The van der Waals surface area contributed by atoms with E-state index in [2.05, 4.69) is 28.8 Å². The van der Waals surface area contributed by atoms with Crippen LogP contribution >= 0.6 is 0 Å². The Bertz CT molecular complexity index is 463. The van der Waals surface area contributed by atoms with Crippen LogP contribution in [0.5, 0.6) is 5.88 Å². The first kappa shape index (κ1) is 9.76. The summed E-state index contributed by atoms with van der Waals surface area (Å²) in [5, 5.41) is 0.866. The Morgan fingerprint density at radius 3 is 3.00 bits per heavy atom. The minimum atomic E-state index is 0.226. The number of hydrogen-bond acceptors (Lipinski definition) is 4. The Kier molecular flexibility index (Phi) is 2.45. The number of nitrogens with two attached hydrogens (primary N) is 1. The highest BCUT2D eigenvalue weighted by Crippen LogP contribution is 2.22. The number of anilines is 1. The van der Waals surface area contributed by atoms with E-state index in [4.69, 9.17) is 10.5 Å². The lowest BCUT2D eigenvalue weighted by atomic mass is 10.2. The molecule has 0 radical (unpaired) electrons. The Morgan fingerprint density at radius 1 is 1.47 bits per heavy atom. The maximum Gasteiger partial charge on any atom is 0.227 e. The number of ether oxygens (including phenoxy) is 1. The summed E-state index contributed by atoms with van der Waals surface area (Å²) in [4.78, 5) is 11.1. The first-order valence-corrected chi connectivity index (χ1v) is 4.90. The molecule has 0 unspecified atom stereocenters. The summed E-state index contributed by atoms with van der Waals surface area (Å²) < 4.78 is 5.57. The molecular formula is C10H14N4O. The highest BCUT2D eigenvalue weighted by atomic mass is 16.5. The topological polar surface area (TPSA) is 76.8 Å². The molecule has 0 spiro atoms. The van der Waals surface area contributed by atoms with Crippen molar-refractivity contribution in [2.75, 3.05) is 12.3 Å². The zero-order chi connectivity index (χ0) is 10.8. The Balaban J connectivity index is 2.35. The third kappa shape index (κ3) is 2.01. The zero-order valence-electron chi connectivity index (χ0n) is 8.82. The van der Waals surface area contributed by atoms with E-state index >= 15 is 0 Å². The van der Waals surface area contributed by atoms with Gasteiger partial charge in [-0.25, -0.2) is 0 Å². The molecule has 2 aromatic heterocycles. The van der Waals surface area contributed by atoms with Crippen molar-refractivity contribution in [1.29, 1.82) is 0 Å². The van der Waals surface area contributed by atoms with Gasteiger partial charge >= 0.3 is 0 Å². The quantitative estimate of drug-likeness (QED) is 0.799. The molecule has 0 aliphatic carbocycles. The molecule has 2 aromatic rings. The van der Waals surface area contributed by atoms with Gasteiger partial charge in [-0.1, -0.05) is 13.8 Å². The lowest BCUT2D eigenvalue weighted by Crippen LogP contribution is -2.07. The molecule has 2 rings (SSSR count). The SMILES string of the molecule is CC(C)COc1nc(N)nc2[nH]ccc12. The fourth-order valence-corrected chi connectivity index (χ4v) is 1.29. The summed E-state index contributed by atoms with van der Waals surface area (Å²) >= 11 is 0. The van der Waals surface area contributed by atoms with Gasteiger partial charge < -0.3 is 15.5 Å². The summed E-state index contributed by atoms with van der Waals surface area (Å²) in [6.07, 6.45) is 1.79. The number of aromatic nitrogens is 3. The lowest BCUT2D eigenvalue weighted by Gasteiger charge is -2.08. The Labute approximate surface area is 87.7 Å². The Hall–Kier alpha value is -1.78. The first-order chi connectivity index (χ1) is 7.16. The van der Waals surface area contributed by atoms with Crippen molar-refractivity contribution in [1.82, 2.24) is 15.0 Å². The summed E-state index contributed by atoms with van der Waals surface area (Å²) in [5.74, 6) is 1.23. The third-order valence-electron chi connectivity index (χ3n) is 1.95. The van der Waals surface area contributed by atoms with Crippen LogP contribution < -0.4 is 10.5 Å². The van der Waals surface area contributed by atoms with Gasteiger partial charge in [0, 0.05) is 6.20 Å². The molecule has 5 nitrogen and oxygen atoms in total. The number of hydrogen-bond donors (Lipinski definition) is 2. The number of fused-ring (bicyclic) bond motifs is 1. The van der Waals surface area contributed by atoms with Crippen LogP contribution in [0.15, 0.2) is 12.3 Å². The van der Waals surface area contributed by atoms with E-state index in [1.54, 1.807) is 6.20 Å². The van der Waals surface area contributed by atoms with Gasteiger partial charge in [-0.15, -0.1) is 0 Å². The molecule has 0 atom stereocenters. The van der Waals surface area contributed by atoms with E-state index in [0.717, 1.165) is 5.39 Å². The fourth-order valence-electron chi connectivity index (χ4n) is 1.29. The predicted octanol–water partition coefficient (Wildman–Crippen LogP) is 1.57. The monoisotopic (exact) mass is 206 g/mol. The van der Waals surface area contributed by atoms with Crippen LogP contribution in [0.1, 0.15) is 13.8 Å². The molecule has 0 fully saturated rings. The Morgan fingerprint density at radius 2 is 2.27 bits per heavy atom. The molecule has 0 bridgehead atoms. The van der Waals surface area contributed by atoms with Gasteiger partial charge in [-0.3, -0.25) is 0 Å². The predicted molar refractivity (Wildman–Crippen MR) is 58.6 cm³/mol. The van der Waals surface area contributed by atoms with Crippen LogP contribution in [-0.2, 0) is 0 Å². The van der Waals surface area contributed by atoms with E-state index in [0.29, 0.717) is 24.1 Å². The van der Waals surface area contributed by atoms with Gasteiger partial charge in [-0.2, -0.15) is 9.97 Å². The van der Waals surface area contributed by atoms with E-state index in [-0.39, 0.29) is 5.95 Å². The first-order valence-electron chi connectivity index (χ1n) is 4.90. The second-order valence-corrected chi connectivity index (χ2v) is 3.83. The normalized spacial score (nSPS) is 11.1. The molecule has 80 valence electrons. The summed E-state index contributed by atoms with van der Waals surface area (Å²) in [6, 6.07) is 1.88. The molecule has 2 heterocycles. The molecule has 0 aromatic carbocycles. The van der Waals surface area contributed by atoms with Gasteiger partial charge in [0.2, 0.25) is 11.8 Å². The minimum Gasteiger partial charge on any atom is -0.477 e. The number of nitrogens with one attached hydrogen (secondary N) is 1. The molecule has 5 heteroatoms. The largest absolute Gasteiger partial charge is 0.477 e. The summed E-state index contributed by atoms with van der Waals surface area (Å²) in [7, 11) is 0. The van der Waals surface area contributed by atoms with Crippen molar-refractivity contribution in [2.24, 2.45) is 5.92 Å². The van der Waals surface area contributed by atoms with Crippen molar-refractivity contribution in [3.8, 4) is 5.88 Å². The molecule has 0 aliphatic heterocycles. The molecular weight excluding hydrogens is 192 g/mol. The van der Waals surface area contributed by atoms with Gasteiger partial charge in [0.1, 0.15) is 5.65 Å². The van der Waals surface area contributed by atoms with Crippen molar-refractivity contribution in [3.05, 3.63) is 12.3 Å². The maximum absolute atomic E-state index is 5.57. The van der Waals surface area contributed by atoms with Crippen molar-refractivity contribution in [2.45, 2.75) is 13.8 Å². The van der Waals surface area contributed by atoms with Gasteiger partial charge in [0.25, 0.3) is 0 Å². The van der Waals surface area contributed by atoms with Gasteiger partial charge in [0.15, 0.2) is 0 Å². The van der Waals surface area contributed by atoms with E-state index in [1.807, 2.05) is 6.07 Å². The van der Waals surface area contributed by atoms with Crippen molar-refractivity contribution >= 4 is 17.0 Å². The second-order valence-electron chi connectivity index (χ2n) is 3.83. The third-order valence-corrected chi connectivity index (χ3v) is 1.95. The number of nitrogens with zero attached hydrogens (tertiary/aromatic N) is 2. The average molecular weight is 206 g/mol. The molecule has 0 saturated carbocycles. The van der Waals surface area contributed by atoms with E-state index in [1.165, 1.54) is 0 Å². The number of aromatic amines is 1. The number of rotatable bonds is 3. The fraction of sp³-hybridized carbons (Fsp3) is 0.400. The van der Waals surface area contributed by atoms with Crippen molar-refractivity contribution < 1.29 is 4.74 Å². The highest BCUT2D eigenvalue weighted by molar-refractivity contribution is 5.81. The van der Waals surface area contributed by atoms with E-state index < -0.39 is 0 Å². The van der Waals surface area contributed by atoms with Crippen molar-refractivity contribution in [3.63, 3.8) is 0 Å². The number of nitrogen functional groups attached to an aromatic ring is 1. The van der Waals surface area contributed by atoms with Gasteiger partial charge in [0.05, 0.1) is 12.0 Å².